The summed E-state index contributed by atoms with van der Waals surface area (Å²) in [6, 6.07) is 44.9. The van der Waals surface area contributed by atoms with Crippen LogP contribution in [0.25, 0.3) is 55.6 Å². The summed E-state index contributed by atoms with van der Waals surface area (Å²) in [7, 11) is 0. The van der Waals surface area contributed by atoms with Gasteiger partial charge in [-0.2, -0.15) is 0 Å². The van der Waals surface area contributed by atoms with Crippen LogP contribution < -0.4 is 0 Å². The van der Waals surface area contributed by atoms with Gasteiger partial charge < -0.3 is 14.4 Å². The third kappa shape index (κ3) is 5.58. The van der Waals surface area contributed by atoms with Crippen molar-refractivity contribution in [2.24, 2.45) is 0 Å². The van der Waals surface area contributed by atoms with Gasteiger partial charge in [-0.05, 0) is 36.0 Å². The number of pyridine rings is 2. The second-order valence-corrected chi connectivity index (χ2v) is 8.96. The number of rotatable bonds is 3. The standard InChI is InChI=1S/C23H14NO.C12H10N.Ir/c1-2-8-16(9-3-1)17-10-6-11-18-19-12-7-13-20(23(19)25-22(17)18)21-14-4-5-15-24-21;1-10-7-8-13-12(9-10)11-5-3-2-4-6-11;/h1-12,14-15H;2-5,7-9H,1H3;/q2*-1;. The fourth-order valence-electron chi connectivity index (χ4n) is 4.55. The molecule has 191 valence electrons. The largest absolute Gasteiger partial charge is 0.500 e. The van der Waals surface area contributed by atoms with Crippen LogP contribution in [0.3, 0.4) is 0 Å². The Morgan fingerprint density at radius 1 is 0.615 bits per heavy atom. The molecule has 0 spiro atoms. The molecule has 0 aliphatic rings. The van der Waals surface area contributed by atoms with Crippen LogP contribution in [-0.2, 0) is 20.1 Å². The van der Waals surface area contributed by atoms with Gasteiger partial charge >= 0.3 is 0 Å². The first-order valence-electron chi connectivity index (χ1n) is 12.5. The summed E-state index contributed by atoms with van der Waals surface area (Å²) in [5.74, 6) is 0. The molecule has 0 aliphatic carbocycles. The van der Waals surface area contributed by atoms with Crippen LogP contribution in [0.15, 0.2) is 132 Å². The van der Waals surface area contributed by atoms with Crippen LogP contribution in [-0.4, -0.2) is 9.97 Å². The molecule has 3 heterocycles. The fourth-order valence-corrected chi connectivity index (χ4v) is 4.55. The molecular formula is C35H24IrN2O-2. The van der Waals surface area contributed by atoms with Crippen LogP contribution in [0.1, 0.15) is 5.56 Å². The second-order valence-electron chi connectivity index (χ2n) is 8.96. The molecule has 1 radical (unpaired) electrons. The average Bonchev–Trinajstić information content (AvgIpc) is 3.38. The maximum absolute atomic E-state index is 6.35. The Balaban J connectivity index is 0.000000187. The average molecular weight is 681 g/mol. The van der Waals surface area contributed by atoms with Crippen molar-refractivity contribution >= 4 is 21.9 Å². The number of aryl methyl sites for hydroxylation is 1. The molecule has 0 bridgehead atoms. The summed E-state index contributed by atoms with van der Waals surface area (Å²) in [6.45, 7) is 2.06. The van der Waals surface area contributed by atoms with E-state index >= 15 is 0 Å². The van der Waals surface area contributed by atoms with Crippen molar-refractivity contribution in [1.82, 2.24) is 9.97 Å². The molecule has 0 aliphatic heterocycles. The minimum Gasteiger partial charge on any atom is -0.500 e. The topological polar surface area (TPSA) is 38.9 Å². The van der Waals surface area contributed by atoms with E-state index in [-0.39, 0.29) is 20.1 Å². The predicted molar refractivity (Wildman–Crippen MR) is 154 cm³/mol. The summed E-state index contributed by atoms with van der Waals surface area (Å²) in [6.07, 6.45) is 3.62. The Morgan fingerprint density at radius 3 is 2.18 bits per heavy atom. The summed E-state index contributed by atoms with van der Waals surface area (Å²) >= 11 is 0. The quantitative estimate of drug-likeness (QED) is 0.175. The Labute approximate surface area is 241 Å². The van der Waals surface area contributed by atoms with Gasteiger partial charge in [-0.25, -0.2) is 0 Å². The molecule has 0 unspecified atom stereocenters. The maximum atomic E-state index is 6.35. The molecule has 3 aromatic heterocycles. The summed E-state index contributed by atoms with van der Waals surface area (Å²) < 4.78 is 6.35. The van der Waals surface area contributed by atoms with E-state index in [9.17, 15) is 0 Å². The van der Waals surface area contributed by atoms with Crippen molar-refractivity contribution in [1.29, 1.82) is 0 Å². The van der Waals surface area contributed by atoms with Crippen molar-refractivity contribution in [3.8, 4) is 33.6 Å². The van der Waals surface area contributed by atoms with Crippen LogP contribution in [0, 0.1) is 19.1 Å². The SMILES string of the molecule is Cc1ccnc(-c2[c-]cccc2)c1.[Ir].[c-]1ccc2c(oc3c(-c4ccccc4)cccc32)c1-c1ccccn1. The van der Waals surface area contributed by atoms with Crippen molar-refractivity contribution in [2.75, 3.05) is 0 Å². The molecule has 4 aromatic carbocycles. The van der Waals surface area contributed by atoms with E-state index in [0.717, 1.165) is 55.6 Å². The molecule has 0 fully saturated rings. The van der Waals surface area contributed by atoms with Crippen molar-refractivity contribution in [3.05, 3.63) is 145 Å². The van der Waals surface area contributed by atoms with Crippen molar-refractivity contribution < 1.29 is 24.5 Å². The summed E-state index contributed by atoms with van der Waals surface area (Å²) in [4.78, 5) is 8.74. The maximum Gasteiger partial charge on any atom is 0.128 e. The number of fused-ring (bicyclic) bond motifs is 3. The number of furan rings is 1. The molecule has 4 heteroatoms. The van der Waals surface area contributed by atoms with Gasteiger partial charge in [0.25, 0.3) is 0 Å². The van der Waals surface area contributed by atoms with Gasteiger partial charge in [-0.15, -0.1) is 54.1 Å². The molecule has 0 saturated heterocycles. The number of hydrogen-bond acceptors (Lipinski definition) is 3. The zero-order chi connectivity index (χ0) is 25.7. The van der Waals surface area contributed by atoms with Gasteiger partial charge in [0.15, 0.2) is 0 Å². The van der Waals surface area contributed by atoms with Crippen LogP contribution in [0.4, 0.5) is 0 Å². The van der Waals surface area contributed by atoms with E-state index in [1.54, 1.807) is 6.20 Å². The first-order valence-corrected chi connectivity index (χ1v) is 12.5. The minimum atomic E-state index is 0. The van der Waals surface area contributed by atoms with E-state index in [1.807, 2.05) is 79.0 Å². The van der Waals surface area contributed by atoms with E-state index in [1.165, 1.54) is 5.56 Å². The normalized spacial score (nSPS) is 10.5. The Kier molecular flexibility index (Phi) is 8.07. The zero-order valence-electron chi connectivity index (χ0n) is 21.3. The molecule has 39 heavy (non-hydrogen) atoms. The smallest absolute Gasteiger partial charge is 0.128 e. The molecule has 0 N–H and O–H groups in total. The molecule has 0 saturated carbocycles. The molecule has 3 nitrogen and oxygen atoms in total. The Bertz CT molecular complexity index is 1720. The van der Waals surface area contributed by atoms with E-state index in [0.29, 0.717) is 0 Å². The number of hydrogen-bond donors (Lipinski definition) is 0. The predicted octanol–water partition coefficient (Wildman–Crippen LogP) is 8.97. The van der Waals surface area contributed by atoms with E-state index in [2.05, 4.69) is 71.5 Å². The fraction of sp³-hybridized carbons (Fsp3) is 0.0286. The molecule has 7 rings (SSSR count). The van der Waals surface area contributed by atoms with Crippen molar-refractivity contribution in [3.63, 3.8) is 0 Å². The van der Waals surface area contributed by atoms with Gasteiger partial charge in [0.2, 0.25) is 0 Å². The Hall–Kier alpha value is -4.37. The van der Waals surface area contributed by atoms with Gasteiger partial charge in [0.05, 0.1) is 5.58 Å². The Morgan fingerprint density at radius 2 is 1.41 bits per heavy atom. The van der Waals surface area contributed by atoms with Gasteiger partial charge in [-0.3, -0.25) is 0 Å². The zero-order valence-corrected chi connectivity index (χ0v) is 23.7. The molecule has 0 amide bonds. The van der Waals surface area contributed by atoms with E-state index in [4.69, 9.17) is 4.42 Å². The summed E-state index contributed by atoms with van der Waals surface area (Å²) in [5.41, 5.74) is 9.01. The third-order valence-electron chi connectivity index (χ3n) is 6.36. The van der Waals surface area contributed by atoms with Crippen LogP contribution in [0.5, 0.6) is 0 Å². The van der Waals surface area contributed by atoms with Gasteiger partial charge in [-0.1, -0.05) is 83.2 Å². The second kappa shape index (κ2) is 12.0. The third-order valence-corrected chi connectivity index (χ3v) is 6.36. The number of benzene rings is 4. The van der Waals surface area contributed by atoms with Gasteiger partial charge in [0.1, 0.15) is 5.58 Å². The monoisotopic (exact) mass is 681 g/mol. The first-order chi connectivity index (χ1) is 18.8. The first kappa shape index (κ1) is 26.2. The molecule has 7 aromatic rings. The number of nitrogens with zero attached hydrogens (tertiary/aromatic N) is 2. The van der Waals surface area contributed by atoms with Crippen LogP contribution >= 0.6 is 0 Å². The van der Waals surface area contributed by atoms with Crippen LogP contribution in [0.2, 0.25) is 0 Å². The number of aromatic nitrogens is 2. The number of para-hydroxylation sites is 1. The van der Waals surface area contributed by atoms with E-state index < -0.39 is 0 Å². The minimum absolute atomic E-state index is 0. The van der Waals surface area contributed by atoms with Gasteiger partial charge in [0, 0.05) is 43.4 Å². The molecular weight excluding hydrogens is 657 g/mol. The van der Waals surface area contributed by atoms with Crippen molar-refractivity contribution in [2.45, 2.75) is 6.92 Å². The summed E-state index contributed by atoms with van der Waals surface area (Å²) in [5, 5.41) is 2.20. The molecule has 0 atom stereocenters.